The van der Waals surface area contributed by atoms with E-state index in [2.05, 4.69) is 15.3 Å². The van der Waals surface area contributed by atoms with Crippen molar-refractivity contribution in [1.82, 2.24) is 14.9 Å². The molecule has 2 aromatic carbocycles. The Morgan fingerprint density at radius 1 is 1.26 bits per heavy atom. The summed E-state index contributed by atoms with van der Waals surface area (Å²) in [6.45, 7) is 0.664. The number of likely N-dealkylation sites (tertiary alicyclic amines) is 1. The molecule has 11 heteroatoms. The summed E-state index contributed by atoms with van der Waals surface area (Å²) in [5, 5.41) is 2.97. The molecule has 1 aromatic heterocycles. The van der Waals surface area contributed by atoms with Crippen LogP contribution in [0.3, 0.4) is 0 Å². The Bertz CT molecular complexity index is 1310. The summed E-state index contributed by atoms with van der Waals surface area (Å²) in [5.41, 5.74) is 0.245. The third-order valence-electron chi connectivity index (χ3n) is 5.99. The Hall–Kier alpha value is -2.82. The number of benzene rings is 2. The van der Waals surface area contributed by atoms with Crippen LogP contribution in [0.4, 0.5) is 24.7 Å². The molecule has 5 rings (SSSR count). The molecule has 34 heavy (non-hydrogen) atoms. The first kappa shape index (κ1) is 19.5. The van der Waals surface area contributed by atoms with Crippen LogP contribution >= 0.6 is 11.6 Å². The van der Waals surface area contributed by atoms with E-state index in [0.717, 1.165) is 0 Å². The van der Waals surface area contributed by atoms with Crippen molar-refractivity contribution in [2.24, 2.45) is 0 Å². The predicted octanol–water partition coefficient (Wildman–Crippen LogP) is 4.66. The highest BCUT2D eigenvalue weighted by Crippen LogP contribution is 2.39. The summed E-state index contributed by atoms with van der Waals surface area (Å²) < 4.78 is 83.1. The monoisotopic (exact) mass is 497 g/mol. The zero-order valence-corrected chi connectivity index (χ0v) is 18.5. The van der Waals surface area contributed by atoms with Crippen LogP contribution in [-0.4, -0.2) is 66.3 Å². The van der Waals surface area contributed by atoms with Crippen LogP contribution in [0.15, 0.2) is 36.7 Å². The maximum absolute atomic E-state index is 15.1. The molecule has 2 aliphatic heterocycles. The average Bonchev–Trinajstić information content (AvgIpc) is 2.77. The number of piperidine rings is 1. The molecular formula is C23H22ClF3N4O3. The minimum atomic E-state index is -3.22. The molecule has 0 aliphatic carbocycles. The molecule has 0 saturated carbocycles. The van der Waals surface area contributed by atoms with Crippen LogP contribution in [-0.2, 0) is 4.74 Å². The summed E-state index contributed by atoms with van der Waals surface area (Å²) in [7, 11) is -2.88. The third-order valence-corrected chi connectivity index (χ3v) is 6.28. The molecule has 180 valence electrons. The van der Waals surface area contributed by atoms with Gasteiger partial charge in [0.25, 0.3) is 5.92 Å². The lowest BCUT2D eigenvalue weighted by atomic mass is 10.0. The zero-order valence-electron chi connectivity index (χ0n) is 20.7. The highest BCUT2D eigenvalue weighted by molar-refractivity contribution is 6.31. The van der Waals surface area contributed by atoms with Gasteiger partial charge in [-0.15, -0.1) is 0 Å². The first-order valence-electron chi connectivity index (χ1n) is 12.1. The van der Waals surface area contributed by atoms with Gasteiger partial charge in [-0.3, -0.25) is 4.90 Å². The average molecular weight is 498 g/mol. The van der Waals surface area contributed by atoms with Crippen molar-refractivity contribution in [2.75, 3.05) is 38.7 Å². The number of alkyl halides is 2. The SMILES string of the molecule is [2H]C([2H])([2H])Oc1cc2ncnc(Nc3cccc(Cl)c3F)c2cc1O[C@@H]1CCN(C2COC2)CC1(F)F. The van der Waals surface area contributed by atoms with Crippen molar-refractivity contribution in [3.63, 3.8) is 0 Å². The summed E-state index contributed by atoms with van der Waals surface area (Å²) in [5.74, 6) is -4.31. The van der Waals surface area contributed by atoms with Crippen molar-refractivity contribution in [2.45, 2.75) is 24.5 Å². The van der Waals surface area contributed by atoms with E-state index in [9.17, 15) is 4.39 Å². The molecule has 0 radical (unpaired) electrons. The number of anilines is 2. The quantitative estimate of drug-likeness (QED) is 0.531. The van der Waals surface area contributed by atoms with Crippen molar-refractivity contribution in [3.8, 4) is 11.5 Å². The van der Waals surface area contributed by atoms with E-state index in [-0.39, 0.29) is 51.4 Å². The number of hydrogen-bond acceptors (Lipinski definition) is 7. The van der Waals surface area contributed by atoms with Crippen LogP contribution in [0, 0.1) is 5.82 Å². The fourth-order valence-electron chi connectivity index (χ4n) is 4.05. The van der Waals surface area contributed by atoms with Crippen LogP contribution in [0.25, 0.3) is 10.9 Å². The summed E-state index contributed by atoms with van der Waals surface area (Å²) in [6.07, 6.45) is -0.354. The van der Waals surface area contributed by atoms with Gasteiger partial charge < -0.3 is 19.5 Å². The lowest BCUT2D eigenvalue weighted by Crippen LogP contribution is -2.60. The highest BCUT2D eigenvalue weighted by Gasteiger charge is 2.48. The summed E-state index contributed by atoms with van der Waals surface area (Å²) >= 11 is 5.86. The molecule has 0 unspecified atom stereocenters. The van der Waals surface area contributed by atoms with E-state index < -0.39 is 31.4 Å². The number of ether oxygens (including phenoxy) is 3. The molecule has 2 saturated heterocycles. The minimum absolute atomic E-state index is 0.00112. The molecule has 0 bridgehead atoms. The summed E-state index contributed by atoms with van der Waals surface area (Å²) in [4.78, 5) is 9.92. The maximum atomic E-state index is 15.1. The molecule has 3 aromatic rings. The second-order valence-electron chi connectivity index (χ2n) is 8.18. The van der Waals surface area contributed by atoms with Gasteiger partial charge in [-0.1, -0.05) is 17.7 Å². The van der Waals surface area contributed by atoms with Gasteiger partial charge in [-0.05, 0) is 18.2 Å². The standard InChI is InChI=1S/C23H22ClF3N4O3/c1-32-18-8-17-14(22(29-12-28-17)30-16-4-2-3-15(24)21(16)25)7-19(18)34-20-5-6-31(11-23(20,26)27)13-9-33-10-13/h2-4,7-8,12-13,20H,5-6,9-11H2,1H3,(H,28,29,30)/t20-/m1/s1/i1D3. The molecule has 3 heterocycles. The second kappa shape index (κ2) is 9.09. The molecule has 2 aliphatic rings. The Morgan fingerprint density at radius 2 is 2.12 bits per heavy atom. The topological polar surface area (TPSA) is 68.7 Å². The van der Waals surface area contributed by atoms with Crippen molar-refractivity contribution >= 4 is 34.0 Å². The maximum Gasteiger partial charge on any atom is 0.296 e. The van der Waals surface area contributed by atoms with Gasteiger partial charge in [0, 0.05) is 24.4 Å². The fraction of sp³-hybridized carbons (Fsp3) is 0.391. The van der Waals surface area contributed by atoms with E-state index in [1.807, 2.05) is 0 Å². The van der Waals surface area contributed by atoms with E-state index >= 15 is 8.78 Å². The van der Waals surface area contributed by atoms with E-state index in [0.29, 0.717) is 19.8 Å². The van der Waals surface area contributed by atoms with Gasteiger partial charge >= 0.3 is 0 Å². The zero-order chi connectivity index (χ0) is 26.4. The molecule has 7 nitrogen and oxygen atoms in total. The first-order chi connectivity index (χ1) is 17.5. The molecule has 1 atom stereocenters. The Morgan fingerprint density at radius 3 is 2.85 bits per heavy atom. The van der Waals surface area contributed by atoms with E-state index in [1.165, 1.54) is 36.7 Å². The molecular weight excluding hydrogens is 473 g/mol. The van der Waals surface area contributed by atoms with Crippen LogP contribution in [0.2, 0.25) is 5.02 Å². The number of aromatic nitrogens is 2. The normalized spacial score (nSPS) is 22.4. The van der Waals surface area contributed by atoms with E-state index in [1.54, 1.807) is 4.90 Å². The van der Waals surface area contributed by atoms with Gasteiger partial charge in [-0.2, -0.15) is 0 Å². The smallest absolute Gasteiger partial charge is 0.296 e. The number of rotatable bonds is 6. The first-order valence-corrected chi connectivity index (χ1v) is 10.9. The van der Waals surface area contributed by atoms with Crippen molar-refractivity contribution < 1.29 is 31.5 Å². The van der Waals surface area contributed by atoms with Gasteiger partial charge in [0.15, 0.2) is 23.4 Å². The van der Waals surface area contributed by atoms with E-state index in [4.69, 9.17) is 29.9 Å². The summed E-state index contributed by atoms with van der Waals surface area (Å²) in [6, 6.07) is 6.88. The largest absolute Gasteiger partial charge is 0.493 e. The second-order valence-corrected chi connectivity index (χ2v) is 8.59. The number of hydrogen-bond donors (Lipinski definition) is 1. The Kier molecular flexibility index (Phi) is 5.21. The van der Waals surface area contributed by atoms with Crippen LogP contribution < -0.4 is 14.8 Å². The number of methoxy groups -OCH3 is 1. The fourth-order valence-corrected chi connectivity index (χ4v) is 4.23. The molecule has 0 amide bonds. The number of fused-ring (bicyclic) bond motifs is 1. The van der Waals surface area contributed by atoms with Gasteiger partial charge in [0.2, 0.25) is 0 Å². The lowest BCUT2D eigenvalue weighted by Gasteiger charge is -2.44. The Labute approximate surface area is 203 Å². The van der Waals surface area contributed by atoms with Crippen LogP contribution in [0.5, 0.6) is 11.5 Å². The van der Waals surface area contributed by atoms with Gasteiger partial charge in [0.05, 0.1) is 53.2 Å². The predicted molar refractivity (Wildman–Crippen MR) is 121 cm³/mol. The molecule has 2 fully saturated rings. The van der Waals surface area contributed by atoms with Crippen molar-refractivity contribution in [1.29, 1.82) is 0 Å². The van der Waals surface area contributed by atoms with Crippen molar-refractivity contribution in [3.05, 3.63) is 47.5 Å². The number of nitrogens with zero attached hydrogens (tertiary/aromatic N) is 3. The third kappa shape index (κ3) is 4.33. The lowest BCUT2D eigenvalue weighted by molar-refractivity contribution is -0.170. The highest BCUT2D eigenvalue weighted by atomic mass is 35.5. The Balaban J connectivity index is 1.50. The van der Waals surface area contributed by atoms with Crippen LogP contribution in [0.1, 0.15) is 10.5 Å². The minimum Gasteiger partial charge on any atom is -0.493 e. The molecule has 1 N–H and O–H groups in total. The van der Waals surface area contributed by atoms with Gasteiger partial charge in [0.1, 0.15) is 12.1 Å². The number of halogens is 4. The number of nitrogens with one attached hydrogen (secondary N) is 1. The molecule has 0 spiro atoms. The van der Waals surface area contributed by atoms with Gasteiger partial charge in [-0.25, -0.2) is 23.1 Å².